The Labute approximate surface area is 214 Å². The largest absolute Gasteiger partial charge is 0.416 e. The summed E-state index contributed by atoms with van der Waals surface area (Å²) in [6.45, 7) is 4.52. The molecule has 0 bridgehead atoms. The molecule has 10 nitrogen and oxygen atoms in total. The number of hydrogen-bond acceptors (Lipinski definition) is 5. The molecular formula is C25H26F3N7O3. The molecule has 5 rings (SSSR count). The number of aryl methyl sites for hydroxylation is 1. The van der Waals surface area contributed by atoms with Gasteiger partial charge in [0.2, 0.25) is 5.91 Å². The Balaban J connectivity index is 1.60. The Morgan fingerprint density at radius 1 is 1.16 bits per heavy atom. The summed E-state index contributed by atoms with van der Waals surface area (Å²) < 4.78 is 44.4. The highest BCUT2D eigenvalue weighted by atomic mass is 19.4. The van der Waals surface area contributed by atoms with Gasteiger partial charge in [-0.05, 0) is 31.0 Å². The van der Waals surface area contributed by atoms with E-state index in [4.69, 9.17) is 0 Å². The zero-order chi connectivity index (χ0) is 27.2. The zero-order valence-corrected chi connectivity index (χ0v) is 20.7. The second-order valence-corrected chi connectivity index (χ2v) is 9.31. The van der Waals surface area contributed by atoms with E-state index < -0.39 is 29.0 Å². The monoisotopic (exact) mass is 529 g/mol. The smallest absolute Gasteiger partial charge is 0.356 e. The Morgan fingerprint density at radius 3 is 2.61 bits per heavy atom. The lowest BCUT2D eigenvalue weighted by atomic mass is 9.91. The number of halogens is 3. The predicted molar refractivity (Wildman–Crippen MR) is 132 cm³/mol. The molecule has 2 unspecified atom stereocenters. The Bertz CT molecular complexity index is 1630. The number of H-pyrrole nitrogens is 1. The van der Waals surface area contributed by atoms with Crippen molar-refractivity contribution in [1.29, 1.82) is 0 Å². The van der Waals surface area contributed by atoms with E-state index in [9.17, 15) is 27.6 Å². The van der Waals surface area contributed by atoms with Crippen molar-refractivity contribution in [2.75, 3.05) is 6.54 Å². The number of aromatic nitrogens is 6. The van der Waals surface area contributed by atoms with E-state index in [1.54, 1.807) is 19.2 Å². The van der Waals surface area contributed by atoms with Crippen LogP contribution in [0.4, 0.5) is 13.2 Å². The van der Waals surface area contributed by atoms with E-state index in [1.165, 1.54) is 26.1 Å². The molecule has 1 aromatic carbocycles. The van der Waals surface area contributed by atoms with Crippen LogP contribution < -0.4 is 16.6 Å². The standard InChI is InChI=1S/C25H26F3N7O3/c1-3-8-34-23(37)19-22(33(4-2)24(34)38)32-21(31-19)16-12-30-35(13-16)20(15-10-18(36)29-11-15)14-6-5-7-17(9-14)25(26,27)28/h5-7,9,12-13,15,20H,3-4,8,10-11H2,1-2H3,(H,29,36)(H,31,32). The highest BCUT2D eigenvalue weighted by Crippen LogP contribution is 2.36. The number of rotatable bonds is 7. The van der Waals surface area contributed by atoms with E-state index >= 15 is 0 Å². The molecule has 0 saturated carbocycles. The minimum absolute atomic E-state index is 0.139. The van der Waals surface area contributed by atoms with Crippen molar-refractivity contribution in [2.45, 2.75) is 52.0 Å². The molecule has 3 aromatic heterocycles. The Morgan fingerprint density at radius 2 is 1.95 bits per heavy atom. The first-order valence-electron chi connectivity index (χ1n) is 12.3. The lowest BCUT2D eigenvalue weighted by Crippen LogP contribution is -2.39. The summed E-state index contributed by atoms with van der Waals surface area (Å²) in [6.07, 6.45) is -0.673. The van der Waals surface area contributed by atoms with Crippen LogP contribution in [0.3, 0.4) is 0 Å². The molecular weight excluding hydrogens is 503 g/mol. The van der Waals surface area contributed by atoms with Crippen molar-refractivity contribution in [1.82, 2.24) is 34.2 Å². The number of carbonyl (C=O) groups excluding carboxylic acids is 1. The molecule has 1 fully saturated rings. The normalized spacial score (nSPS) is 16.8. The topological polar surface area (TPSA) is 120 Å². The van der Waals surface area contributed by atoms with E-state index in [0.29, 0.717) is 36.5 Å². The van der Waals surface area contributed by atoms with Gasteiger partial charge in [-0.15, -0.1) is 0 Å². The first kappa shape index (κ1) is 25.5. The van der Waals surface area contributed by atoms with Crippen molar-refractivity contribution in [2.24, 2.45) is 5.92 Å². The van der Waals surface area contributed by atoms with E-state index in [0.717, 1.165) is 12.1 Å². The fourth-order valence-corrected chi connectivity index (χ4v) is 5.01. The van der Waals surface area contributed by atoms with Crippen LogP contribution in [-0.2, 0) is 24.1 Å². The molecule has 0 radical (unpaired) electrons. The average Bonchev–Trinajstić information content (AvgIpc) is 3.63. The molecule has 2 atom stereocenters. The molecule has 1 saturated heterocycles. The molecule has 0 aliphatic carbocycles. The number of aromatic amines is 1. The fourth-order valence-electron chi connectivity index (χ4n) is 5.01. The second kappa shape index (κ2) is 9.62. The van der Waals surface area contributed by atoms with Gasteiger partial charge in [0.15, 0.2) is 5.65 Å². The van der Waals surface area contributed by atoms with Crippen molar-refractivity contribution in [3.8, 4) is 11.4 Å². The SMILES string of the molecule is CCCn1c(=O)c2[nH]c(-c3cnn(C(c4cccc(C(F)(F)F)c4)C4CNC(=O)C4)c3)nc2n(CC)c1=O. The number of fused-ring (bicyclic) bond motifs is 1. The summed E-state index contributed by atoms with van der Waals surface area (Å²) >= 11 is 0. The number of hydrogen-bond donors (Lipinski definition) is 2. The van der Waals surface area contributed by atoms with Gasteiger partial charge >= 0.3 is 11.9 Å². The van der Waals surface area contributed by atoms with Gasteiger partial charge in [-0.3, -0.25) is 23.4 Å². The number of alkyl halides is 3. The van der Waals surface area contributed by atoms with Crippen LogP contribution in [0.15, 0.2) is 46.2 Å². The maximum absolute atomic E-state index is 13.4. The summed E-state index contributed by atoms with van der Waals surface area (Å²) in [4.78, 5) is 45.3. The summed E-state index contributed by atoms with van der Waals surface area (Å²) in [6, 6.07) is 4.34. The lowest BCUT2D eigenvalue weighted by Gasteiger charge is -2.24. The first-order valence-corrected chi connectivity index (χ1v) is 12.3. The van der Waals surface area contributed by atoms with Crippen molar-refractivity contribution >= 4 is 17.1 Å². The number of nitrogens with zero attached hydrogens (tertiary/aromatic N) is 5. The molecule has 0 spiro atoms. The Hall–Kier alpha value is -4.16. The summed E-state index contributed by atoms with van der Waals surface area (Å²) in [7, 11) is 0. The van der Waals surface area contributed by atoms with Gasteiger partial charge in [0, 0.05) is 38.2 Å². The fraction of sp³-hybridized carbons (Fsp3) is 0.400. The Kier molecular flexibility index (Phi) is 6.45. The quantitative estimate of drug-likeness (QED) is 0.382. The van der Waals surface area contributed by atoms with Crippen LogP contribution in [0, 0.1) is 5.92 Å². The van der Waals surface area contributed by atoms with Gasteiger partial charge in [0.25, 0.3) is 5.56 Å². The second-order valence-electron chi connectivity index (χ2n) is 9.31. The third-order valence-electron chi connectivity index (χ3n) is 6.80. The molecule has 1 aliphatic rings. The third kappa shape index (κ3) is 4.41. The van der Waals surface area contributed by atoms with E-state index in [-0.39, 0.29) is 36.0 Å². The van der Waals surface area contributed by atoms with Crippen LogP contribution in [0.2, 0.25) is 0 Å². The van der Waals surface area contributed by atoms with Gasteiger partial charge in [0.05, 0.1) is 23.4 Å². The third-order valence-corrected chi connectivity index (χ3v) is 6.80. The predicted octanol–water partition coefficient (Wildman–Crippen LogP) is 2.92. The molecule has 200 valence electrons. The number of amides is 1. The van der Waals surface area contributed by atoms with Gasteiger partial charge in [-0.25, -0.2) is 9.78 Å². The zero-order valence-electron chi connectivity index (χ0n) is 20.7. The number of nitrogens with one attached hydrogen (secondary N) is 2. The van der Waals surface area contributed by atoms with Crippen LogP contribution >= 0.6 is 0 Å². The van der Waals surface area contributed by atoms with Crippen LogP contribution in [-0.4, -0.2) is 41.3 Å². The molecule has 2 N–H and O–H groups in total. The van der Waals surface area contributed by atoms with Gasteiger partial charge < -0.3 is 10.3 Å². The highest BCUT2D eigenvalue weighted by Gasteiger charge is 2.35. The lowest BCUT2D eigenvalue weighted by molar-refractivity contribution is -0.137. The van der Waals surface area contributed by atoms with E-state index in [1.807, 2.05) is 6.92 Å². The van der Waals surface area contributed by atoms with Crippen molar-refractivity contribution in [3.63, 3.8) is 0 Å². The molecule has 4 aromatic rings. The first-order chi connectivity index (χ1) is 18.1. The maximum Gasteiger partial charge on any atom is 0.416 e. The number of carbonyl (C=O) groups is 1. The minimum atomic E-state index is -4.52. The van der Waals surface area contributed by atoms with Crippen LogP contribution in [0.5, 0.6) is 0 Å². The van der Waals surface area contributed by atoms with Crippen LogP contribution in [0.25, 0.3) is 22.6 Å². The molecule has 38 heavy (non-hydrogen) atoms. The van der Waals surface area contributed by atoms with E-state index in [2.05, 4.69) is 20.4 Å². The van der Waals surface area contributed by atoms with Gasteiger partial charge in [0.1, 0.15) is 11.3 Å². The molecule has 13 heteroatoms. The van der Waals surface area contributed by atoms with Crippen molar-refractivity contribution in [3.05, 3.63) is 68.6 Å². The summed E-state index contributed by atoms with van der Waals surface area (Å²) in [5, 5.41) is 7.16. The maximum atomic E-state index is 13.4. The van der Waals surface area contributed by atoms with Gasteiger partial charge in [-0.1, -0.05) is 19.1 Å². The molecule has 1 aliphatic heterocycles. The van der Waals surface area contributed by atoms with Crippen molar-refractivity contribution < 1.29 is 18.0 Å². The molecule has 4 heterocycles. The number of benzene rings is 1. The highest BCUT2D eigenvalue weighted by molar-refractivity contribution is 5.78. The number of imidazole rings is 1. The summed E-state index contributed by atoms with van der Waals surface area (Å²) in [5.74, 6) is -0.221. The average molecular weight is 530 g/mol. The minimum Gasteiger partial charge on any atom is -0.356 e. The van der Waals surface area contributed by atoms with Crippen LogP contribution in [0.1, 0.15) is 43.9 Å². The summed E-state index contributed by atoms with van der Waals surface area (Å²) in [5.41, 5.74) is -0.457. The van der Waals surface area contributed by atoms with Gasteiger partial charge in [-0.2, -0.15) is 18.3 Å². The molecule has 1 amide bonds.